The number of rotatable bonds is 7. The normalized spacial score (nSPS) is 11.0. The summed E-state index contributed by atoms with van der Waals surface area (Å²) in [5.41, 5.74) is 1.49. The molecular formula is C21H22FN3OS. The lowest BCUT2D eigenvalue weighted by Crippen LogP contribution is -2.36. The summed E-state index contributed by atoms with van der Waals surface area (Å²) in [6.07, 6.45) is 1.61. The van der Waals surface area contributed by atoms with Gasteiger partial charge in [0.15, 0.2) is 0 Å². The number of hydrogen-bond donors (Lipinski definition) is 0. The number of nitrogens with zero attached hydrogens (tertiary/aromatic N) is 3. The number of aromatic nitrogens is 1. The molecule has 0 N–H and O–H groups in total. The average Bonchev–Trinajstić information content (AvgIpc) is 3.17. The third kappa shape index (κ3) is 4.99. The van der Waals surface area contributed by atoms with Gasteiger partial charge < -0.3 is 9.80 Å². The van der Waals surface area contributed by atoms with E-state index in [1.54, 1.807) is 29.3 Å². The van der Waals surface area contributed by atoms with Crippen LogP contribution in [0.25, 0.3) is 10.6 Å². The molecule has 0 aliphatic heterocycles. The SMILES string of the molecule is CN(C)CCN(Cc1ccccc1F)C(=O)c1cnc(-c2ccccc2)s1. The number of carbonyl (C=O) groups is 1. The van der Waals surface area contributed by atoms with Crippen molar-refractivity contribution in [3.8, 4) is 10.6 Å². The van der Waals surface area contributed by atoms with Gasteiger partial charge in [-0.15, -0.1) is 11.3 Å². The van der Waals surface area contributed by atoms with Crippen LogP contribution in [0, 0.1) is 5.82 Å². The molecule has 1 amide bonds. The van der Waals surface area contributed by atoms with Crippen LogP contribution in [0.1, 0.15) is 15.2 Å². The van der Waals surface area contributed by atoms with E-state index in [2.05, 4.69) is 4.98 Å². The van der Waals surface area contributed by atoms with Gasteiger partial charge in [-0.05, 0) is 20.2 Å². The molecule has 6 heteroatoms. The molecular weight excluding hydrogens is 361 g/mol. The van der Waals surface area contributed by atoms with Crippen molar-refractivity contribution in [2.45, 2.75) is 6.54 Å². The molecule has 27 heavy (non-hydrogen) atoms. The van der Waals surface area contributed by atoms with E-state index in [0.717, 1.165) is 10.6 Å². The molecule has 0 aliphatic rings. The summed E-state index contributed by atoms with van der Waals surface area (Å²) in [6, 6.07) is 16.3. The van der Waals surface area contributed by atoms with Crippen LogP contribution in [0.15, 0.2) is 60.8 Å². The summed E-state index contributed by atoms with van der Waals surface area (Å²) in [6.45, 7) is 1.45. The van der Waals surface area contributed by atoms with Crippen molar-refractivity contribution >= 4 is 17.2 Å². The third-order valence-corrected chi connectivity index (χ3v) is 5.20. The van der Waals surface area contributed by atoms with Crippen LogP contribution in [0.5, 0.6) is 0 Å². The minimum absolute atomic E-state index is 0.125. The highest BCUT2D eigenvalue weighted by Gasteiger charge is 2.20. The Kier molecular flexibility index (Phi) is 6.32. The van der Waals surface area contributed by atoms with Crippen molar-refractivity contribution < 1.29 is 9.18 Å². The van der Waals surface area contributed by atoms with Crippen molar-refractivity contribution in [3.05, 3.63) is 77.1 Å². The van der Waals surface area contributed by atoms with E-state index in [0.29, 0.717) is 23.5 Å². The Balaban J connectivity index is 1.82. The quantitative estimate of drug-likeness (QED) is 0.615. The van der Waals surface area contributed by atoms with Gasteiger partial charge in [0.2, 0.25) is 0 Å². The number of halogens is 1. The smallest absolute Gasteiger partial charge is 0.265 e. The van der Waals surface area contributed by atoms with E-state index >= 15 is 0 Å². The van der Waals surface area contributed by atoms with Gasteiger partial charge in [0.25, 0.3) is 5.91 Å². The van der Waals surface area contributed by atoms with Crippen LogP contribution in [0.2, 0.25) is 0 Å². The molecule has 0 spiro atoms. The summed E-state index contributed by atoms with van der Waals surface area (Å²) < 4.78 is 14.1. The fourth-order valence-corrected chi connectivity index (χ4v) is 3.54. The van der Waals surface area contributed by atoms with Crippen LogP contribution >= 0.6 is 11.3 Å². The molecule has 0 unspecified atom stereocenters. The van der Waals surface area contributed by atoms with Gasteiger partial charge in [-0.25, -0.2) is 9.37 Å². The Morgan fingerprint density at radius 1 is 1.04 bits per heavy atom. The van der Waals surface area contributed by atoms with Crippen LogP contribution in [0.3, 0.4) is 0 Å². The fourth-order valence-electron chi connectivity index (χ4n) is 2.65. The van der Waals surface area contributed by atoms with Crippen LogP contribution in [0.4, 0.5) is 4.39 Å². The van der Waals surface area contributed by atoms with E-state index in [4.69, 9.17) is 0 Å². The summed E-state index contributed by atoms with van der Waals surface area (Å²) >= 11 is 1.36. The minimum atomic E-state index is -0.297. The molecule has 3 rings (SSSR count). The van der Waals surface area contributed by atoms with Crippen molar-refractivity contribution in [2.24, 2.45) is 0 Å². The highest BCUT2D eigenvalue weighted by molar-refractivity contribution is 7.16. The summed E-state index contributed by atoms with van der Waals surface area (Å²) in [4.78, 5) is 21.7. The Morgan fingerprint density at radius 2 is 1.74 bits per heavy atom. The molecule has 3 aromatic rings. The first-order chi connectivity index (χ1) is 13.0. The van der Waals surface area contributed by atoms with Crippen LogP contribution in [-0.2, 0) is 6.54 Å². The predicted octanol–water partition coefficient (Wildman–Crippen LogP) is 4.15. The van der Waals surface area contributed by atoms with E-state index < -0.39 is 0 Å². The number of thiazole rings is 1. The van der Waals surface area contributed by atoms with Crippen LogP contribution in [-0.4, -0.2) is 47.9 Å². The summed E-state index contributed by atoms with van der Waals surface area (Å²) in [5, 5.41) is 0.803. The highest BCUT2D eigenvalue weighted by Crippen LogP contribution is 2.26. The van der Waals surface area contributed by atoms with Gasteiger partial charge in [-0.2, -0.15) is 0 Å². The lowest BCUT2D eigenvalue weighted by atomic mass is 10.2. The molecule has 0 atom stereocenters. The average molecular weight is 383 g/mol. The van der Waals surface area contributed by atoms with Crippen molar-refractivity contribution in [2.75, 3.05) is 27.2 Å². The standard InChI is InChI=1S/C21H22FN3OS/c1-24(2)12-13-25(15-17-10-6-7-11-18(17)22)21(26)19-14-23-20(27-19)16-8-4-3-5-9-16/h3-11,14H,12-13,15H2,1-2H3. The van der Waals surface area contributed by atoms with Gasteiger partial charge in [0, 0.05) is 30.8 Å². The molecule has 0 radical (unpaired) electrons. The Hall–Kier alpha value is -2.57. The molecule has 0 fully saturated rings. The predicted molar refractivity (Wildman–Crippen MR) is 107 cm³/mol. The van der Waals surface area contributed by atoms with Gasteiger partial charge in [-0.3, -0.25) is 4.79 Å². The first-order valence-corrected chi connectivity index (χ1v) is 9.55. The van der Waals surface area contributed by atoms with E-state index in [1.165, 1.54) is 17.4 Å². The topological polar surface area (TPSA) is 36.4 Å². The molecule has 1 heterocycles. The molecule has 2 aromatic carbocycles. The summed E-state index contributed by atoms with van der Waals surface area (Å²) in [5.74, 6) is -0.422. The Bertz CT molecular complexity index is 895. The monoisotopic (exact) mass is 383 g/mol. The summed E-state index contributed by atoms with van der Waals surface area (Å²) in [7, 11) is 3.90. The van der Waals surface area contributed by atoms with E-state index in [1.807, 2.05) is 49.3 Å². The zero-order valence-corrected chi connectivity index (χ0v) is 16.2. The second kappa shape index (κ2) is 8.88. The van der Waals surface area contributed by atoms with Gasteiger partial charge >= 0.3 is 0 Å². The maximum atomic E-state index is 14.1. The van der Waals surface area contributed by atoms with Crippen molar-refractivity contribution in [1.82, 2.24) is 14.8 Å². The molecule has 1 aromatic heterocycles. The molecule has 0 bridgehead atoms. The highest BCUT2D eigenvalue weighted by atomic mass is 32.1. The first-order valence-electron chi connectivity index (χ1n) is 8.73. The third-order valence-electron chi connectivity index (χ3n) is 4.16. The Labute approximate surface area is 162 Å². The lowest BCUT2D eigenvalue weighted by Gasteiger charge is -2.24. The van der Waals surface area contributed by atoms with Gasteiger partial charge in [0.1, 0.15) is 15.7 Å². The number of benzene rings is 2. The molecule has 0 saturated carbocycles. The first kappa shape index (κ1) is 19.2. The van der Waals surface area contributed by atoms with Gasteiger partial charge in [-0.1, -0.05) is 48.5 Å². The minimum Gasteiger partial charge on any atom is -0.332 e. The van der Waals surface area contributed by atoms with E-state index in [-0.39, 0.29) is 18.3 Å². The molecule has 140 valence electrons. The zero-order valence-electron chi connectivity index (χ0n) is 15.4. The second-order valence-corrected chi connectivity index (χ2v) is 7.55. The molecule has 0 aliphatic carbocycles. The van der Waals surface area contributed by atoms with Crippen LogP contribution < -0.4 is 0 Å². The maximum Gasteiger partial charge on any atom is 0.265 e. The number of hydrogen-bond acceptors (Lipinski definition) is 4. The Morgan fingerprint density at radius 3 is 2.44 bits per heavy atom. The second-order valence-electron chi connectivity index (χ2n) is 6.52. The van der Waals surface area contributed by atoms with Crippen molar-refractivity contribution in [1.29, 1.82) is 0 Å². The number of likely N-dealkylation sites (N-methyl/N-ethyl adjacent to an activating group) is 1. The fraction of sp³-hybridized carbons (Fsp3) is 0.238. The number of carbonyl (C=O) groups excluding carboxylic acids is 1. The lowest BCUT2D eigenvalue weighted by molar-refractivity contribution is 0.0735. The number of amides is 1. The maximum absolute atomic E-state index is 14.1. The largest absolute Gasteiger partial charge is 0.332 e. The van der Waals surface area contributed by atoms with E-state index in [9.17, 15) is 9.18 Å². The zero-order chi connectivity index (χ0) is 19.2. The molecule has 4 nitrogen and oxygen atoms in total. The molecule has 0 saturated heterocycles. The van der Waals surface area contributed by atoms with Crippen molar-refractivity contribution in [3.63, 3.8) is 0 Å². The van der Waals surface area contributed by atoms with Gasteiger partial charge in [0.05, 0.1) is 6.20 Å².